The Labute approximate surface area is 123 Å². The number of pyridine rings is 1. The van der Waals surface area contributed by atoms with Gasteiger partial charge in [0.15, 0.2) is 0 Å². The van der Waals surface area contributed by atoms with Gasteiger partial charge in [-0.15, -0.1) is 0 Å². The fourth-order valence-electron chi connectivity index (χ4n) is 2.55. The average Bonchev–Trinajstić information content (AvgIpc) is 2.91. The van der Waals surface area contributed by atoms with Crippen molar-refractivity contribution >= 4 is 5.97 Å². The van der Waals surface area contributed by atoms with Crippen molar-refractivity contribution in [2.24, 2.45) is 0 Å². The first-order chi connectivity index (χ1) is 9.97. The molecule has 0 aliphatic heterocycles. The Morgan fingerprint density at radius 1 is 1.43 bits per heavy atom. The Balaban J connectivity index is 2.59. The number of rotatable bonds is 4. The molecular formula is C16H19NO4. The highest BCUT2D eigenvalue weighted by Crippen LogP contribution is 2.21. The van der Waals surface area contributed by atoms with E-state index in [-0.39, 0.29) is 11.6 Å². The summed E-state index contributed by atoms with van der Waals surface area (Å²) < 4.78 is 12.0. The van der Waals surface area contributed by atoms with E-state index in [1.54, 1.807) is 43.7 Å². The van der Waals surface area contributed by atoms with Crippen LogP contribution in [0.2, 0.25) is 0 Å². The van der Waals surface area contributed by atoms with Gasteiger partial charge in [-0.25, -0.2) is 4.79 Å². The van der Waals surface area contributed by atoms with Crippen LogP contribution in [0.25, 0.3) is 0 Å². The molecule has 5 nitrogen and oxygen atoms in total. The van der Waals surface area contributed by atoms with Crippen LogP contribution in [0.15, 0.2) is 33.7 Å². The van der Waals surface area contributed by atoms with E-state index in [0.717, 1.165) is 0 Å². The Hall–Kier alpha value is -2.30. The topological polar surface area (TPSA) is 61.4 Å². The fourth-order valence-corrected chi connectivity index (χ4v) is 2.55. The largest absolute Gasteiger partial charge is 0.467 e. The number of furan rings is 1. The van der Waals surface area contributed by atoms with Crippen LogP contribution in [-0.4, -0.2) is 17.1 Å². The van der Waals surface area contributed by atoms with Crippen molar-refractivity contribution in [2.45, 2.75) is 33.7 Å². The molecule has 1 atom stereocenters. The lowest BCUT2D eigenvalue weighted by atomic mass is 10.1. The van der Waals surface area contributed by atoms with Gasteiger partial charge < -0.3 is 13.7 Å². The van der Waals surface area contributed by atoms with Crippen LogP contribution in [0.5, 0.6) is 0 Å². The molecule has 0 aliphatic carbocycles. The molecule has 2 aromatic heterocycles. The lowest BCUT2D eigenvalue weighted by Crippen LogP contribution is -2.28. The van der Waals surface area contributed by atoms with Crippen molar-refractivity contribution < 1.29 is 13.9 Å². The van der Waals surface area contributed by atoms with E-state index in [0.29, 0.717) is 29.2 Å². The summed E-state index contributed by atoms with van der Waals surface area (Å²) in [5.74, 6) is 0.256. The summed E-state index contributed by atoms with van der Waals surface area (Å²) >= 11 is 0. The Morgan fingerprint density at radius 2 is 2.14 bits per heavy atom. The molecule has 0 aromatic carbocycles. The molecule has 1 unspecified atom stereocenters. The van der Waals surface area contributed by atoms with Gasteiger partial charge in [0.25, 0.3) is 5.56 Å². The molecule has 0 radical (unpaired) electrons. The van der Waals surface area contributed by atoms with Crippen LogP contribution >= 0.6 is 0 Å². The van der Waals surface area contributed by atoms with E-state index in [2.05, 4.69) is 0 Å². The van der Waals surface area contributed by atoms with Crippen molar-refractivity contribution in [3.8, 4) is 0 Å². The summed E-state index contributed by atoms with van der Waals surface area (Å²) in [4.78, 5) is 24.4. The van der Waals surface area contributed by atoms with Gasteiger partial charge in [-0.3, -0.25) is 4.79 Å². The third-order valence-corrected chi connectivity index (χ3v) is 3.52. The minimum atomic E-state index is -0.409. The van der Waals surface area contributed by atoms with E-state index >= 15 is 0 Å². The molecule has 0 aliphatic rings. The summed E-state index contributed by atoms with van der Waals surface area (Å²) in [7, 11) is 0. The first kappa shape index (κ1) is 15.1. The highest BCUT2D eigenvalue weighted by molar-refractivity contribution is 5.92. The second-order valence-electron chi connectivity index (χ2n) is 4.91. The van der Waals surface area contributed by atoms with Crippen LogP contribution in [-0.2, 0) is 4.74 Å². The molecule has 5 heteroatoms. The molecule has 21 heavy (non-hydrogen) atoms. The predicted molar refractivity (Wildman–Crippen MR) is 78.7 cm³/mol. The molecule has 0 saturated heterocycles. The van der Waals surface area contributed by atoms with Crippen molar-refractivity contribution in [3.63, 3.8) is 0 Å². The molecule has 0 saturated carbocycles. The zero-order valence-corrected chi connectivity index (χ0v) is 12.7. The molecular weight excluding hydrogens is 270 g/mol. The number of hydrogen-bond donors (Lipinski definition) is 0. The van der Waals surface area contributed by atoms with Crippen molar-refractivity contribution in [1.29, 1.82) is 0 Å². The maximum absolute atomic E-state index is 12.3. The van der Waals surface area contributed by atoms with Crippen LogP contribution in [0.3, 0.4) is 0 Å². The summed E-state index contributed by atoms with van der Waals surface area (Å²) in [6.07, 6.45) is 1.56. The van der Waals surface area contributed by atoms with E-state index in [1.165, 1.54) is 6.07 Å². The molecule has 112 valence electrons. The monoisotopic (exact) mass is 289 g/mol. The van der Waals surface area contributed by atoms with Gasteiger partial charge in [0, 0.05) is 11.8 Å². The lowest BCUT2D eigenvalue weighted by Gasteiger charge is -2.19. The van der Waals surface area contributed by atoms with E-state index < -0.39 is 5.97 Å². The van der Waals surface area contributed by atoms with E-state index in [1.807, 2.05) is 6.92 Å². The maximum Gasteiger partial charge on any atom is 0.340 e. The smallest absolute Gasteiger partial charge is 0.340 e. The number of esters is 1. The summed E-state index contributed by atoms with van der Waals surface area (Å²) in [5, 5.41) is 0. The van der Waals surface area contributed by atoms with Gasteiger partial charge >= 0.3 is 5.97 Å². The molecule has 0 bridgehead atoms. The van der Waals surface area contributed by atoms with Crippen LogP contribution in [0.1, 0.15) is 47.3 Å². The van der Waals surface area contributed by atoms with E-state index in [9.17, 15) is 9.59 Å². The maximum atomic E-state index is 12.3. The average molecular weight is 289 g/mol. The number of ether oxygens (including phenoxy) is 1. The summed E-state index contributed by atoms with van der Waals surface area (Å²) in [6, 6.07) is 4.74. The molecule has 0 fully saturated rings. The Kier molecular flexibility index (Phi) is 4.31. The van der Waals surface area contributed by atoms with Gasteiger partial charge in [0.2, 0.25) is 0 Å². The normalized spacial score (nSPS) is 12.2. The zero-order chi connectivity index (χ0) is 15.6. The Bertz CT molecular complexity index is 698. The third-order valence-electron chi connectivity index (χ3n) is 3.52. The van der Waals surface area contributed by atoms with Gasteiger partial charge in [-0.2, -0.15) is 0 Å². The van der Waals surface area contributed by atoms with Gasteiger partial charge in [-0.05, 0) is 45.4 Å². The zero-order valence-electron chi connectivity index (χ0n) is 12.7. The van der Waals surface area contributed by atoms with Crippen LogP contribution in [0, 0.1) is 13.8 Å². The second kappa shape index (κ2) is 5.99. The fraction of sp³-hybridized carbons (Fsp3) is 0.375. The quantitative estimate of drug-likeness (QED) is 0.812. The third kappa shape index (κ3) is 2.77. The highest BCUT2D eigenvalue weighted by Gasteiger charge is 2.22. The van der Waals surface area contributed by atoms with Gasteiger partial charge in [0.1, 0.15) is 5.76 Å². The first-order valence-corrected chi connectivity index (χ1v) is 6.90. The standard InChI is InChI=1S/C16H19NO4/c1-5-20-16(19)15-10(2)9-14(18)17(12(15)4)11(3)13-7-6-8-21-13/h6-9,11H,5H2,1-4H3. The number of nitrogens with zero attached hydrogens (tertiary/aromatic N) is 1. The predicted octanol–water partition coefficient (Wildman–Crippen LogP) is 2.84. The SMILES string of the molecule is CCOC(=O)c1c(C)cc(=O)n(C(C)c2ccco2)c1C. The number of carbonyl (C=O) groups excluding carboxylic acids is 1. The number of carbonyl (C=O) groups is 1. The molecule has 0 amide bonds. The van der Waals surface area contributed by atoms with Gasteiger partial charge in [-0.1, -0.05) is 0 Å². The molecule has 2 heterocycles. The number of hydrogen-bond acceptors (Lipinski definition) is 4. The second-order valence-corrected chi connectivity index (χ2v) is 4.91. The minimum absolute atomic E-state index is 0.165. The molecule has 0 spiro atoms. The molecule has 0 N–H and O–H groups in total. The van der Waals surface area contributed by atoms with Crippen LogP contribution in [0.4, 0.5) is 0 Å². The molecule has 2 aromatic rings. The van der Waals surface area contributed by atoms with Crippen LogP contribution < -0.4 is 5.56 Å². The molecule has 2 rings (SSSR count). The van der Waals surface area contributed by atoms with E-state index in [4.69, 9.17) is 9.15 Å². The lowest BCUT2D eigenvalue weighted by molar-refractivity contribution is 0.0523. The number of aryl methyl sites for hydroxylation is 1. The highest BCUT2D eigenvalue weighted by atomic mass is 16.5. The summed E-state index contributed by atoms with van der Waals surface area (Å²) in [6.45, 7) is 7.40. The van der Waals surface area contributed by atoms with Crippen molar-refractivity contribution in [2.75, 3.05) is 6.61 Å². The van der Waals surface area contributed by atoms with Crippen molar-refractivity contribution in [1.82, 2.24) is 4.57 Å². The number of aromatic nitrogens is 1. The first-order valence-electron chi connectivity index (χ1n) is 6.90. The van der Waals surface area contributed by atoms with Crippen molar-refractivity contribution in [3.05, 3.63) is 57.4 Å². The van der Waals surface area contributed by atoms with Gasteiger partial charge in [0.05, 0.1) is 24.5 Å². The Morgan fingerprint density at radius 3 is 2.71 bits per heavy atom. The summed E-state index contributed by atoms with van der Waals surface area (Å²) in [5.41, 5.74) is 1.48. The minimum Gasteiger partial charge on any atom is -0.467 e.